The zero-order chi connectivity index (χ0) is 19.5. The van der Waals surface area contributed by atoms with Crippen molar-refractivity contribution >= 4 is 42.7 Å². The van der Waals surface area contributed by atoms with E-state index in [0.29, 0.717) is 18.2 Å². The predicted octanol–water partition coefficient (Wildman–Crippen LogP) is 2.16. The van der Waals surface area contributed by atoms with Gasteiger partial charge in [-0.2, -0.15) is 0 Å². The molecule has 0 unspecified atom stereocenters. The van der Waals surface area contributed by atoms with Crippen LogP contribution in [0.1, 0.15) is 31.8 Å². The summed E-state index contributed by atoms with van der Waals surface area (Å²) in [5, 5.41) is 11.3. The fourth-order valence-electron chi connectivity index (χ4n) is 2.66. The second kappa shape index (κ2) is 5.54. The molecular formula is C14H5ClF2N2O6S. The number of benzene rings is 2. The predicted molar refractivity (Wildman–Crippen MR) is 83.8 cm³/mol. The van der Waals surface area contributed by atoms with Crippen molar-refractivity contribution < 1.29 is 31.7 Å². The van der Waals surface area contributed by atoms with Gasteiger partial charge in [0.05, 0.1) is 16.2 Å². The first-order valence-corrected chi connectivity index (χ1v) is 8.90. The Morgan fingerprint density at radius 3 is 1.88 bits per heavy atom. The summed E-state index contributed by atoms with van der Waals surface area (Å²) in [6.07, 6.45) is 0. The summed E-state index contributed by atoms with van der Waals surface area (Å²) in [5.41, 5.74) is 0.925. The molecule has 0 aliphatic heterocycles. The average Bonchev–Trinajstić information content (AvgIpc) is 2.52. The van der Waals surface area contributed by atoms with Gasteiger partial charge >= 0.3 is 0 Å². The lowest BCUT2D eigenvalue weighted by molar-refractivity contribution is -0.385. The number of nitrogens with two attached hydrogens (primary N) is 1. The lowest BCUT2D eigenvalue weighted by Crippen LogP contribution is -2.25. The maximum atomic E-state index is 13.5. The Kier molecular flexibility index (Phi) is 3.81. The molecule has 2 aromatic rings. The second-order valence-corrected chi connectivity index (χ2v) is 7.76. The van der Waals surface area contributed by atoms with Crippen molar-refractivity contribution in [2.45, 2.75) is 4.90 Å². The molecule has 3 rings (SSSR count). The van der Waals surface area contributed by atoms with Gasteiger partial charge in [0.15, 0.2) is 17.4 Å². The summed E-state index contributed by atoms with van der Waals surface area (Å²) in [5.74, 6) is -5.23. The first kappa shape index (κ1) is 17.9. The molecule has 134 valence electrons. The molecule has 1 aliphatic carbocycles. The molecule has 26 heavy (non-hydrogen) atoms. The second-order valence-electron chi connectivity index (χ2n) is 5.22. The third kappa shape index (κ3) is 2.44. The summed E-state index contributed by atoms with van der Waals surface area (Å²) in [6.45, 7) is 0. The van der Waals surface area contributed by atoms with Crippen LogP contribution in [0.2, 0.25) is 0 Å². The van der Waals surface area contributed by atoms with Gasteiger partial charge < -0.3 is 5.73 Å². The van der Waals surface area contributed by atoms with Crippen LogP contribution < -0.4 is 5.73 Å². The quantitative estimate of drug-likeness (QED) is 0.300. The van der Waals surface area contributed by atoms with Gasteiger partial charge in [-0.05, 0) is 12.1 Å². The normalized spacial score (nSPS) is 13.3. The highest BCUT2D eigenvalue weighted by Crippen LogP contribution is 2.41. The monoisotopic (exact) mass is 402 g/mol. The third-order valence-electron chi connectivity index (χ3n) is 3.77. The summed E-state index contributed by atoms with van der Waals surface area (Å²) < 4.78 is 50.1. The van der Waals surface area contributed by atoms with Crippen molar-refractivity contribution in [3.8, 4) is 0 Å². The van der Waals surface area contributed by atoms with Crippen molar-refractivity contribution in [2.75, 3.05) is 5.73 Å². The van der Waals surface area contributed by atoms with Gasteiger partial charge in [0.1, 0.15) is 10.5 Å². The molecule has 2 aromatic carbocycles. The van der Waals surface area contributed by atoms with E-state index >= 15 is 0 Å². The molecule has 8 nitrogen and oxygen atoms in total. The van der Waals surface area contributed by atoms with Crippen molar-refractivity contribution in [3.63, 3.8) is 0 Å². The molecule has 2 N–H and O–H groups in total. The van der Waals surface area contributed by atoms with Crippen LogP contribution in [0.4, 0.5) is 20.2 Å². The Morgan fingerprint density at radius 2 is 1.46 bits per heavy atom. The number of halogens is 3. The summed E-state index contributed by atoms with van der Waals surface area (Å²) in [4.78, 5) is 34.4. The van der Waals surface area contributed by atoms with Gasteiger partial charge in [-0.3, -0.25) is 19.7 Å². The first-order valence-electron chi connectivity index (χ1n) is 6.59. The maximum absolute atomic E-state index is 13.5. The Balaban J connectivity index is 2.50. The van der Waals surface area contributed by atoms with E-state index in [1.807, 2.05) is 0 Å². The molecule has 0 saturated carbocycles. The van der Waals surface area contributed by atoms with E-state index in [-0.39, 0.29) is 0 Å². The third-order valence-corrected chi connectivity index (χ3v) is 5.13. The maximum Gasteiger partial charge on any atom is 0.282 e. The molecule has 0 saturated heterocycles. The number of rotatable bonds is 2. The SMILES string of the molecule is Nc1c(S(=O)(=O)Cl)cc([N+](=O)[O-])c2c1C(=O)c1cc(F)c(F)cc1C2=O. The van der Waals surface area contributed by atoms with E-state index < -0.39 is 75.7 Å². The number of nitrogens with zero attached hydrogens (tertiary/aromatic N) is 1. The summed E-state index contributed by atoms with van der Waals surface area (Å²) in [7, 11) is 0.566. The van der Waals surface area contributed by atoms with Crippen LogP contribution in [-0.4, -0.2) is 24.9 Å². The minimum atomic E-state index is -4.61. The van der Waals surface area contributed by atoms with Crippen molar-refractivity contribution in [3.05, 3.63) is 62.2 Å². The van der Waals surface area contributed by atoms with Gasteiger partial charge in [-0.1, -0.05) is 0 Å². The number of nitro groups is 1. The molecule has 0 aromatic heterocycles. The van der Waals surface area contributed by atoms with Crippen LogP contribution in [0.25, 0.3) is 0 Å². The van der Waals surface area contributed by atoms with Crippen molar-refractivity contribution in [1.29, 1.82) is 0 Å². The van der Waals surface area contributed by atoms with Crippen molar-refractivity contribution in [1.82, 2.24) is 0 Å². The molecule has 0 atom stereocenters. The van der Waals surface area contributed by atoms with Gasteiger partial charge in [0.25, 0.3) is 14.7 Å². The van der Waals surface area contributed by atoms with Gasteiger partial charge in [0.2, 0.25) is 5.78 Å². The van der Waals surface area contributed by atoms with E-state index in [9.17, 15) is 36.9 Å². The number of anilines is 1. The fraction of sp³-hybridized carbons (Fsp3) is 0. The van der Waals surface area contributed by atoms with E-state index in [4.69, 9.17) is 16.4 Å². The van der Waals surface area contributed by atoms with Crippen LogP contribution in [0.15, 0.2) is 23.1 Å². The number of hydrogen-bond acceptors (Lipinski definition) is 7. The average molecular weight is 403 g/mol. The molecular weight excluding hydrogens is 398 g/mol. The molecule has 0 heterocycles. The number of hydrogen-bond donors (Lipinski definition) is 1. The van der Waals surface area contributed by atoms with E-state index in [1.54, 1.807) is 0 Å². The van der Waals surface area contributed by atoms with Gasteiger partial charge in [-0.15, -0.1) is 0 Å². The Labute approximate surface area is 147 Å². The smallest absolute Gasteiger partial charge is 0.282 e. The van der Waals surface area contributed by atoms with Crippen LogP contribution in [0, 0.1) is 21.7 Å². The minimum absolute atomic E-state index is 0.431. The lowest BCUT2D eigenvalue weighted by Gasteiger charge is -2.20. The molecule has 12 heteroatoms. The molecule has 1 aliphatic rings. The van der Waals surface area contributed by atoms with E-state index in [2.05, 4.69) is 0 Å². The van der Waals surface area contributed by atoms with E-state index in [0.717, 1.165) is 0 Å². The molecule has 0 fully saturated rings. The van der Waals surface area contributed by atoms with Crippen LogP contribution in [0.3, 0.4) is 0 Å². The first-order chi connectivity index (χ1) is 11.9. The van der Waals surface area contributed by atoms with Crippen LogP contribution in [-0.2, 0) is 9.05 Å². The van der Waals surface area contributed by atoms with Gasteiger partial charge in [-0.25, -0.2) is 17.2 Å². The fourth-order valence-corrected chi connectivity index (χ4v) is 3.66. The molecule has 0 amide bonds. The number of ketones is 2. The lowest BCUT2D eigenvalue weighted by atomic mass is 9.82. The topological polar surface area (TPSA) is 137 Å². The summed E-state index contributed by atoms with van der Waals surface area (Å²) in [6, 6.07) is 1.30. The molecule has 0 spiro atoms. The van der Waals surface area contributed by atoms with E-state index in [1.165, 1.54) is 0 Å². The highest BCUT2D eigenvalue weighted by molar-refractivity contribution is 8.13. The Hall–Kier alpha value is -2.92. The minimum Gasteiger partial charge on any atom is -0.397 e. The molecule has 0 radical (unpaired) electrons. The van der Waals surface area contributed by atoms with Gasteiger partial charge in [0, 0.05) is 27.9 Å². The largest absolute Gasteiger partial charge is 0.397 e. The number of nitro benzene ring substituents is 1. The van der Waals surface area contributed by atoms with Crippen LogP contribution in [0.5, 0.6) is 0 Å². The Bertz CT molecular complexity index is 1160. The van der Waals surface area contributed by atoms with Crippen LogP contribution >= 0.6 is 10.7 Å². The van der Waals surface area contributed by atoms with Crippen molar-refractivity contribution in [2.24, 2.45) is 0 Å². The zero-order valence-corrected chi connectivity index (χ0v) is 13.8. The zero-order valence-electron chi connectivity index (χ0n) is 12.2. The highest BCUT2D eigenvalue weighted by Gasteiger charge is 2.40. The number of fused-ring (bicyclic) bond motifs is 2. The standard InChI is InChI=1S/C14H5ClF2N2O6S/c15-26(24,25)9-3-8(19(22)23)10-11(12(9)18)14(21)5-2-7(17)6(16)1-4(5)13(10)20/h1-3H,18H2. The summed E-state index contributed by atoms with van der Waals surface area (Å²) >= 11 is 0. The number of carbonyl (C=O) groups is 2. The highest BCUT2D eigenvalue weighted by atomic mass is 35.7. The molecule has 0 bridgehead atoms. The number of nitrogen functional groups attached to an aromatic ring is 1. The number of carbonyl (C=O) groups excluding carboxylic acids is 2. The Morgan fingerprint density at radius 1 is 1.00 bits per heavy atom.